The zero-order valence-corrected chi connectivity index (χ0v) is 10.6. The Morgan fingerprint density at radius 2 is 2.16 bits per heavy atom. The SMILES string of the molecule is CNCc1ccccc1Oc1cc(C(N)=O)ccn1. The third-order valence-corrected chi connectivity index (χ3v) is 2.57. The van der Waals surface area contributed by atoms with Crippen molar-refractivity contribution in [2.45, 2.75) is 6.54 Å². The summed E-state index contributed by atoms with van der Waals surface area (Å²) >= 11 is 0. The van der Waals surface area contributed by atoms with Crippen molar-refractivity contribution in [1.29, 1.82) is 0 Å². The molecule has 0 atom stereocenters. The van der Waals surface area contributed by atoms with E-state index in [0.29, 0.717) is 23.7 Å². The van der Waals surface area contributed by atoms with Crippen LogP contribution in [0.15, 0.2) is 42.6 Å². The number of hydrogen-bond donors (Lipinski definition) is 2. The molecule has 98 valence electrons. The van der Waals surface area contributed by atoms with E-state index < -0.39 is 5.91 Å². The van der Waals surface area contributed by atoms with E-state index in [-0.39, 0.29) is 0 Å². The van der Waals surface area contributed by atoms with Crippen LogP contribution in [0.3, 0.4) is 0 Å². The standard InChI is InChI=1S/C14H15N3O2/c1-16-9-11-4-2-3-5-12(11)19-13-8-10(14(15)18)6-7-17-13/h2-8,16H,9H2,1H3,(H2,15,18). The Balaban J connectivity index is 2.26. The predicted octanol–water partition coefficient (Wildman–Crippen LogP) is 1.69. The number of carbonyl (C=O) groups is 1. The van der Waals surface area contributed by atoms with Crippen molar-refractivity contribution < 1.29 is 9.53 Å². The van der Waals surface area contributed by atoms with E-state index in [1.807, 2.05) is 31.3 Å². The monoisotopic (exact) mass is 257 g/mol. The normalized spacial score (nSPS) is 10.2. The highest BCUT2D eigenvalue weighted by Gasteiger charge is 2.07. The fraction of sp³-hybridized carbons (Fsp3) is 0.143. The summed E-state index contributed by atoms with van der Waals surface area (Å²) in [5, 5.41) is 3.07. The van der Waals surface area contributed by atoms with Gasteiger partial charge in [0.1, 0.15) is 5.75 Å². The molecule has 2 rings (SSSR count). The van der Waals surface area contributed by atoms with Crippen LogP contribution in [-0.2, 0) is 6.54 Å². The van der Waals surface area contributed by atoms with Crippen molar-refractivity contribution >= 4 is 5.91 Å². The second-order valence-corrected chi connectivity index (χ2v) is 3.99. The third-order valence-electron chi connectivity index (χ3n) is 2.57. The summed E-state index contributed by atoms with van der Waals surface area (Å²) in [4.78, 5) is 15.2. The van der Waals surface area contributed by atoms with E-state index in [1.165, 1.54) is 12.3 Å². The average Bonchev–Trinajstić information content (AvgIpc) is 2.41. The average molecular weight is 257 g/mol. The van der Waals surface area contributed by atoms with E-state index in [4.69, 9.17) is 10.5 Å². The molecule has 0 fully saturated rings. The highest BCUT2D eigenvalue weighted by Crippen LogP contribution is 2.24. The van der Waals surface area contributed by atoms with E-state index in [2.05, 4.69) is 10.3 Å². The van der Waals surface area contributed by atoms with Crippen LogP contribution in [0.5, 0.6) is 11.6 Å². The van der Waals surface area contributed by atoms with Gasteiger partial charge in [0.15, 0.2) is 0 Å². The van der Waals surface area contributed by atoms with Crippen LogP contribution in [0.1, 0.15) is 15.9 Å². The van der Waals surface area contributed by atoms with Crippen LogP contribution in [0, 0.1) is 0 Å². The van der Waals surface area contributed by atoms with Gasteiger partial charge in [-0.3, -0.25) is 4.79 Å². The van der Waals surface area contributed by atoms with Crippen LogP contribution in [0.4, 0.5) is 0 Å². The summed E-state index contributed by atoms with van der Waals surface area (Å²) in [5.74, 6) is 0.543. The zero-order valence-electron chi connectivity index (χ0n) is 10.6. The van der Waals surface area contributed by atoms with Crippen LogP contribution in [-0.4, -0.2) is 17.9 Å². The first kappa shape index (κ1) is 13.0. The molecule has 1 heterocycles. The lowest BCUT2D eigenvalue weighted by Crippen LogP contribution is -2.11. The van der Waals surface area contributed by atoms with E-state index >= 15 is 0 Å². The highest BCUT2D eigenvalue weighted by molar-refractivity contribution is 5.92. The first-order valence-electron chi connectivity index (χ1n) is 5.87. The Bertz CT molecular complexity index is 584. The number of rotatable bonds is 5. The lowest BCUT2D eigenvalue weighted by Gasteiger charge is -2.10. The molecule has 0 aliphatic carbocycles. The Kier molecular flexibility index (Phi) is 4.10. The van der Waals surface area contributed by atoms with Gasteiger partial charge in [-0.2, -0.15) is 0 Å². The number of nitrogens with one attached hydrogen (secondary N) is 1. The van der Waals surface area contributed by atoms with Gasteiger partial charge >= 0.3 is 0 Å². The minimum absolute atomic E-state index is 0.347. The molecule has 0 aliphatic rings. The maximum absolute atomic E-state index is 11.1. The summed E-state index contributed by atoms with van der Waals surface area (Å²) in [5.41, 5.74) is 6.60. The molecule has 1 aromatic carbocycles. The molecule has 0 unspecified atom stereocenters. The van der Waals surface area contributed by atoms with Gasteiger partial charge in [0.2, 0.25) is 11.8 Å². The summed E-state index contributed by atoms with van der Waals surface area (Å²) in [6, 6.07) is 10.7. The Morgan fingerprint density at radius 3 is 2.89 bits per heavy atom. The molecule has 0 saturated heterocycles. The summed E-state index contributed by atoms with van der Waals surface area (Å²) in [6.07, 6.45) is 1.50. The second-order valence-electron chi connectivity index (χ2n) is 3.99. The van der Waals surface area contributed by atoms with Crippen molar-refractivity contribution in [1.82, 2.24) is 10.3 Å². The highest BCUT2D eigenvalue weighted by atomic mass is 16.5. The molecule has 5 heteroatoms. The lowest BCUT2D eigenvalue weighted by molar-refractivity contribution is 0.1000. The fourth-order valence-corrected chi connectivity index (χ4v) is 1.67. The fourth-order valence-electron chi connectivity index (χ4n) is 1.67. The minimum Gasteiger partial charge on any atom is -0.439 e. The molecule has 0 spiro atoms. The van der Waals surface area contributed by atoms with Crippen molar-refractivity contribution in [2.24, 2.45) is 5.73 Å². The van der Waals surface area contributed by atoms with Gasteiger partial charge in [-0.25, -0.2) is 4.98 Å². The lowest BCUT2D eigenvalue weighted by atomic mass is 10.2. The Labute approximate surface area is 111 Å². The van der Waals surface area contributed by atoms with Crippen LogP contribution in [0.25, 0.3) is 0 Å². The van der Waals surface area contributed by atoms with Gasteiger partial charge in [0.25, 0.3) is 0 Å². The number of carbonyl (C=O) groups excluding carboxylic acids is 1. The topological polar surface area (TPSA) is 77.2 Å². The van der Waals surface area contributed by atoms with Crippen molar-refractivity contribution in [3.05, 3.63) is 53.7 Å². The first-order valence-corrected chi connectivity index (χ1v) is 5.87. The number of pyridine rings is 1. The van der Waals surface area contributed by atoms with Crippen LogP contribution < -0.4 is 15.8 Å². The Morgan fingerprint density at radius 1 is 1.37 bits per heavy atom. The molecule has 1 aromatic heterocycles. The predicted molar refractivity (Wildman–Crippen MR) is 72.0 cm³/mol. The minimum atomic E-state index is -0.504. The van der Waals surface area contributed by atoms with Gasteiger partial charge in [0, 0.05) is 29.9 Å². The number of hydrogen-bond acceptors (Lipinski definition) is 4. The van der Waals surface area contributed by atoms with Gasteiger partial charge in [0.05, 0.1) is 0 Å². The Hall–Kier alpha value is -2.40. The summed E-state index contributed by atoms with van der Waals surface area (Å²) in [6.45, 7) is 0.686. The van der Waals surface area contributed by atoms with Gasteiger partial charge in [-0.05, 0) is 19.2 Å². The summed E-state index contributed by atoms with van der Waals surface area (Å²) < 4.78 is 5.69. The van der Waals surface area contributed by atoms with Gasteiger partial charge in [-0.15, -0.1) is 0 Å². The maximum atomic E-state index is 11.1. The molecule has 1 amide bonds. The maximum Gasteiger partial charge on any atom is 0.248 e. The molecule has 3 N–H and O–H groups in total. The molecule has 0 radical (unpaired) electrons. The summed E-state index contributed by atoms with van der Waals surface area (Å²) in [7, 11) is 1.86. The van der Waals surface area contributed by atoms with E-state index in [0.717, 1.165) is 5.56 Å². The van der Waals surface area contributed by atoms with E-state index in [1.54, 1.807) is 6.07 Å². The van der Waals surface area contributed by atoms with Gasteiger partial charge in [-0.1, -0.05) is 18.2 Å². The molecule has 0 bridgehead atoms. The molecule has 5 nitrogen and oxygen atoms in total. The number of primary amides is 1. The van der Waals surface area contributed by atoms with Crippen LogP contribution in [0.2, 0.25) is 0 Å². The largest absolute Gasteiger partial charge is 0.439 e. The smallest absolute Gasteiger partial charge is 0.248 e. The molecular weight excluding hydrogens is 242 g/mol. The third kappa shape index (κ3) is 3.29. The molecule has 0 aliphatic heterocycles. The molecule has 2 aromatic rings. The number of para-hydroxylation sites is 1. The zero-order chi connectivity index (χ0) is 13.7. The number of ether oxygens (including phenoxy) is 1. The second kappa shape index (κ2) is 5.97. The number of aromatic nitrogens is 1. The van der Waals surface area contributed by atoms with Crippen LogP contribution >= 0.6 is 0 Å². The molecular formula is C14H15N3O2. The number of benzene rings is 1. The number of nitrogens with zero attached hydrogens (tertiary/aromatic N) is 1. The quantitative estimate of drug-likeness (QED) is 0.854. The number of amides is 1. The van der Waals surface area contributed by atoms with Crippen molar-refractivity contribution in [3.63, 3.8) is 0 Å². The van der Waals surface area contributed by atoms with Gasteiger partial charge < -0.3 is 15.8 Å². The number of nitrogens with two attached hydrogens (primary N) is 1. The van der Waals surface area contributed by atoms with Crippen molar-refractivity contribution in [3.8, 4) is 11.6 Å². The molecule has 19 heavy (non-hydrogen) atoms. The van der Waals surface area contributed by atoms with Crippen molar-refractivity contribution in [2.75, 3.05) is 7.05 Å². The molecule has 0 saturated carbocycles. The first-order chi connectivity index (χ1) is 9.20. The van der Waals surface area contributed by atoms with E-state index in [9.17, 15) is 4.79 Å².